The van der Waals surface area contributed by atoms with E-state index in [0.717, 1.165) is 0 Å². The van der Waals surface area contributed by atoms with E-state index in [9.17, 15) is 26.3 Å². The molecule has 7 aromatic rings. The summed E-state index contributed by atoms with van der Waals surface area (Å²) in [4.78, 5) is 17.4. The molecule has 0 aliphatic carbocycles. The van der Waals surface area contributed by atoms with E-state index < -0.39 is 12.7 Å². The molecule has 0 aliphatic heterocycles. The van der Waals surface area contributed by atoms with E-state index in [2.05, 4.69) is 66.2 Å². The van der Waals surface area contributed by atoms with Gasteiger partial charge in [0, 0.05) is 44.6 Å². The fraction of sp³-hybridized carbons (Fsp3) is 0.258. The number of alkyl halides is 6. The average molecular weight is 798 g/mol. The Bertz CT molecular complexity index is 2310. The lowest BCUT2D eigenvalue weighted by Gasteiger charge is -2.13. The number of aliphatic hydroxyl groups is 2. The molecule has 274 valence electrons. The van der Waals surface area contributed by atoms with Crippen LogP contribution in [0.3, 0.4) is 0 Å². The average Bonchev–Trinajstić information content (AvgIpc) is 3.85. The van der Waals surface area contributed by atoms with Gasteiger partial charge >= 0.3 is 12.7 Å². The van der Waals surface area contributed by atoms with Crippen LogP contribution in [-0.4, -0.2) is 88.2 Å². The van der Waals surface area contributed by atoms with E-state index >= 15 is 0 Å². The SMILES string of the molecule is OCCCNc1nc2cc(OC(F)(F)F)ccc2n2c(-c3ccn[nH]3)cnc12.OCCCNc1nc2cc(OC(F)(F)F)ccc2n2c(Br)cnc12. The molecule has 5 N–H and O–H groups in total. The van der Waals surface area contributed by atoms with Crippen LogP contribution >= 0.6 is 15.9 Å². The normalized spacial score (nSPS) is 12.0. The van der Waals surface area contributed by atoms with Gasteiger partial charge in [0.2, 0.25) is 0 Å². The van der Waals surface area contributed by atoms with Gasteiger partial charge in [-0.3, -0.25) is 13.9 Å². The Labute approximate surface area is 296 Å². The number of hydrogen-bond acceptors (Lipinski definition) is 11. The van der Waals surface area contributed by atoms with Gasteiger partial charge in [0.15, 0.2) is 22.9 Å². The maximum atomic E-state index is 12.6. The number of aromatic nitrogens is 8. The number of H-pyrrole nitrogens is 1. The van der Waals surface area contributed by atoms with Crippen molar-refractivity contribution < 1.29 is 46.0 Å². The van der Waals surface area contributed by atoms with Crippen molar-refractivity contribution in [2.75, 3.05) is 36.9 Å². The van der Waals surface area contributed by atoms with Crippen LogP contribution in [0.1, 0.15) is 12.8 Å². The Hall–Kier alpha value is -5.41. The molecule has 5 heterocycles. The van der Waals surface area contributed by atoms with Gasteiger partial charge in [-0.15, -0.1) is 26.3 Å². The van der Waals surface area contributed by atoms with Crippen molar-refractivity contribution in [2.24, 2.45) is 0 Å². The maximum absolute atomic E-state index is 12.6. The number of aromatic amines is 1. The third kappa shape index (κ3) is 8.21. The van der Waals surface area contributed by atoms with E-state index in [0.29, 0.717) is 86.9 Å². The smallest absolute Gasteiger partial charge is 0.406 e. The second-order valence-electron chi connectivity index (χ2n) is 10.8. The van der Waals surface area contributed by atoms with Crippen LogP contribution in [0.25, 0.3) is 44.7 Å². The molecule has 0 amide bonds. The number of rotatable bonds is 11. The third-order valence-electron chi connectivity index (χ3n) is 7.24. The summed E-state index contributed by atoms with van der Waals surface area (Å²) in [6.45, 7) is 0.885. The fourth-order valence-corrected chi connectivity index (χ4v) is 5.65. The molecule has 0 aliphatic rings. The molecule has 0 bridgehead atoms. The van der Waals surface area contributed by atoms with Crippen molar-refractivity contribution in [3.05, 3.63) is 65.7 Å². The van der Waals surface area contributed by atoms with Crippen molar-refractivity contribution in [1.82, 2.24) is 38.9 Å². The van der Waals surface area contributed by atoms with Gasteiger partial charge < -0.3 is 30.3 Å². The summed E-state index contributed by atoms with van der Waals surface area (Å²) in [5.74, 6) is 0.0810. The standard InChI is InChI=1S/C17H15F3N6O2.C14H12BrF3N4O2/c18-17(19,20)28-10-2-3-13-12(8-10)24-15(21-5-1-7-27)16-22-9-14(26(13)16)11-4-6-23-25-11;15-11-7-20-13-12(19-4-1-5-23)21-9-6-8(24-14(16,17)18)2-3-10(9)22(11)13/h2-4,6,8-9,27H,1,5,7H2,(H,21,24)(H,23,25);2-3,6-7,23H,1,4-5H2,(H,19,21). The molecule has 14 nitrogen and oxygen atoms in total. The molecule has 0 unspecified atom stereocenters. The van der Waals surface area contributed by atoms with Crippen LogP contribution in [0.4, 0.5) is 38.0 Å². The van der Waals surface area contributed by atoms with Crippen LogP contribution in [-0.2, 0) is 0 Å². The Kier molecular flexibility index (Phi) is 10.5. The van der Waals surface area contributed by atoms with Gasteiger partial charge in [-0.05, 0) is 59.1 Å². The second-order valence-corrected chi connectivity index (χ2v) is 11.7. The van der Waals surface area contributed by atoms with Crippen LogP contribution < -0.4 is 20.1 Å². The molecule has 52 heavy (non-hydrogen) atoms. The minimum Gasteiger partial charge on any atom is -0.406 e. The topological polar surface area (TPSA) is 172 Å². The highest BCUT2D eigenvalue weighted by Gasteiger charge is 2.32. The Morgan fingerprint density at radius 1 is 0.731 bits per heavy atom. The molecule has 0 atom stereocenters. The summed E-state index contributed by atoms with van der Waals surface area (Å²) in [5.41, 5.74) is 4.13. The molecule has 0 radical (unpaired) electrons. The Morgan fingerprint density at radius 3 is 1.75 bits per heavy atom. The molecule has 2 aromatic carbocycles. The van der Waals surface area contributed by atoms with Gasteiger partial charge in [0.1, 0.15) is 16.1 Å². The highest BCUT2D eigenvalue weighted by Crippen LogP contribution is 2.32. The van der Waals surface area contributed by atoms with Crippen molar-refractivity contribution in [1.29, 1.82) is 0 Å². The zero-order valence-corrected chi connectivity index (χ0v) is 28.1. The molecule has 21 heteroatoms. The first kappa shape index (κ1) is 36.4. The number of fused-ring (bicyclic) bond motifs is 6. The van der Waals surface area contributed by atoms with Crippen molar-refractivity contribution >= 4 is 60.9 Å². The lowest BCUT2D eigenvalue weighted by molar-refractivity contribution is -0.275. The number of aliphatic hydroxyl groups excluding tert-OH is 2. The highest BCUT2D eigenvalue weighted by atomic mass is 79.9. The third-order valence-corrected chi connectivity index (χ3v) is 7.80. The molecule has 0 saturated carbocycles. The molecular formula is C31H27BrF6N10O4. The Morgan fingerprint density at radius 2 is 1.25 bits per heavy atom. The van der Waals surface area contributed by atoms with E-state index in [1.165, 1.54) is 36.4 Å². The largest absolute Gasteiger partial charge is 0.573 e. The number of halogens is 7. The summed E-state index contributed by atoms with van der Waals surface area (Å²) in [7, 11) is 0. The first-order valence-corrected chi connectivity index (χ1v) is 16.1. The monoisotopic (exact) mass is 796 g/mol. The molecule has 0 saturated heterocycles. The summed E-state index contributed by atoms with van der Waals surface area (Å²) >= 11 is 3.37. The zero-order chi connectivity index (χ0) is 37.0. The number of ether oxygens (including phenoxy) is 2. The van der Waals surface area contributed by atoms with Crippen LogP contribution in [0, 0.1) is 0 Å². The summed E-state index contributed by atoms with van der Waals surface area (Å²) in [6, 6.07) is 9.63. The molecule has 5 aromatic heterocycles. The fourth-order valence-electron chi connectivity index (χ4n) is 5.19. The van der Waals surface area contributed by atoms with Gasteiger partial charge in [-0.1, -0.05) is 0 Å². The van der Waals surface area contributed by atoms with Gasteiger partial charge in [0.05, 0.1) is 45.8 Å². The number of imidazole rings is 2. The first-order chi connectivity index (χ1) is 24.8. The number of benzene rings is 2. The summed E-state index contributed by atoms with van der Waals surface area (Å²) in [6.07, 6.45) is -3.78. The van der Waals surface area contributed by atoms with Crippen molar-refractivity contribution in [2.45, 2.75) is 25.6 Å². The maximum Gasteiger partial charge on any atom is 0.573 e. The summed E-state index contributed by atoms with van der Waals surface area (Å²) < 4.78 is 87.0. The quantitative estimate of drug-likeness (QED) is 0.0735. The van der Waals surface area contributed by atoms with E-state index in [4.69, 9.17) is 10.2 Å². The second kappa shape index (κ2) is 15.1. The minimum absolute atomic E-state index is 0.00568. The predicted molar refractivity (Wildman–Crippen MR) is 180 cm³/mol. The highest BCUT2D eigenvalue weighted by molar-refractivity contribution is 9.10. The van der Waals surface area contributed by atoms with Gasteiger partial charge in [-0.2, -0.15) is 5.10 Å². The van der Waals surface area contributed by atoms with Crippen LogP contribution in [0.2, 0.25) is 0 Å². The molecule has 0 fully saturated rings. The Balaban J connectivity index is 0.000000181. The lowest BCUT2D eigenvalue weighted by Crippen LogP contribution is -2.17. The number of hydrogen-bond donors (Lipinski definition) is 5. The molecule has 7 rings (SSSR count). The van der Waals surface area contributed by atoms with Gasteiger partial charge in [-0.25, -0.2) is 19.9 Å². The lowest BCUT2D eigenvalue weighted by atomic mass is 10.2. The number of nitrogens with zero attached hydrogens (tertiary/aromatic N) is 7. The van der Waals surface area contributed by atoms with Gasteiger partial charge in [0.25, 0.3) is 0 Å². The zero-order valence-electron chi connectivity index (χ0n) is 26.5. The first-order valence-electron chi connectivity index (χ1n) is 15.3. The van der Waals surface area contributed by atoms with Crippen molar-refractivity contribution in [3.63, 3.8) is 0 Å². The number of anilines is 2. The van der Waals surface area contributed by atoms with Crippen LogP contribution in [0.5, 0.6) is 11.5 Å². The minimum atomic E-state index is -4.80. The summed E-state index contributed by atoms with van der Waals surface area (Å²) in [5, 5.41) is 30.7. The van der Waals surface area contributed by atoms with Crippen molar-refractivity contribution in [3.8, 4) is 22.9 Å². The van der Waals surface area contributed by atoms with E-state index in [1.54, 1.807) is 33.5 Å². The van der Waals surface area contributed by atoms with Crippen LogP contribution in [0.15, 0.2) is 65.7 Å². The predicted octanol–water partition coefficient (Wildman–Crippen LogP) is 6.30. The van der Waals surface area contributed by atoms with E-state index in [1.807, 2.05) is 0 Å². The molecular weight excluding hydrogens is 770 g/mol. The molecule has 0 spiro atoms. The number of nitrogens with one attached hydrogen (secondary N) is 3. The van der Waals surface area contributed by atoms with E-state index in [-0.39, 0.29) is 24.7 Å².